The van der Waals surface area contributed by atoms with Gasteiger partial charge in [0.05, 0.1) is 18.1 Å². The molecule has 0 spiro atoms. The number of carbonyl (C=O) groups is 2. The second-order valence-electron chi connectivity index (χ2n) is 8.00. The number of aryl methyl sites for hydroxylation is 1. The second-order valence-corrected chi connectivity index (χ2v) is 8.00. The number of carbonyl (C=O) groups excluding carboxylic acids is 2. The summed E-state index contributed by atoms with van der Waals surface area (Å²) in [6.07, 6.45) is 1.39. The first-order chi connectivity index (χ1) is 16.9. The molecule has 3 heterocycles. The van der Waals surface area contributed by atoms with Gasteiger partial charge in [0.1, 0.15) is 17.9 Å². The van der Waals surface area contributed by atoms with Gasteiger partial charge in [0.2, 0.25) is 18.1 Å². The van der Waals surface area contributed by atoms with Crippen LogP contribution in [0.4, 0.5) is 5.69 Å². The van der Waals surface area contributed by atoms with Gasteiger partial charge in [0, 0.05) is 29.2 Å². The van der Waals surface area contributed by atoms with Crippen molar-refractivity contribution in [3.63, 3.8) is 0 Å². The molecule has 1 aliphatic rings. The monoisotopic (exact) mass is 471 g/mol. The molecule has 0 bridgehead atoms. The summed E-state index contributed by atoms with van der Waals surface area (Å²) in [5.74, 6) is 0.930. The number of fused-ring (bicyclic) bond motifs is 2. The highest BCUT2D eigenvalue weighted by Gasteiger charge is 2.20. The Morgan fingerprint density at radius 2 is 1.83 bits per heavy atom. The molecule has 0 aliphatic carbocycles. The Bertz CT molecular complexity index is 1530. The molecule has 9 heteroatoms. The third-order valence-electron chi connectivity index (χ3n) is 5.63. The van der Waals surface area contributed by atoms with Gasteiger partial charge in [-0.3, -0.25) is 14.4 Å². The number of ether oxygens (including phenoxy) is 3. The van der Waals surface area contributed by atoms with E-state index >= 15 is 0 Å². The van der Waals surface area contributed by atoms with Crippen LogP contribution in [0.1, 0.15) is 21.6 Å². The summed E-state index contributed by atoms with van der Waals surface area (Å²) >= 11 is 0. The van der Waals surface area contributed by atoms with Crippen LogP contribution in [-0.4, -0.2) is 35.1 Å². The highest BCUT2D eigenvalue weighted by Crippen LogP contribution is 2.34. The number of aromatic nitrogens is 2. The maximum absolute atomic E-state index is 13.2. The van der Waals surface area contributed by atoms with Crippen molar-refractivity contribution >= 4 is 28.4 Å². The van der Waals surface area contributed by atoms with Gasteiger partial charge in [-0.15, -0.1) is 0 Å². The lowest BCUT2D eigenvalue weighted by Gasteiger charge is -2.13. The minimum Gasteiger partial charge on any atom is -0.497 e. The van der Waals surface area contributed by atoms with Crippen molar-refractivity contribution in [2.24, 2.45) is 0 Å². The third kappa shape index (κ3) is 4.31. The van der Waals surface area contributed by atoms with Crippen molar-refractivity contribution in [2.45, 2.75) is 13.5 Å². The molecule has 1 N–H and O–H groups in total. The van der Waals surface area contributed by atoms with Crippen LogP contribution < -0.4 is 25.0 Å². The maximum atomic E-state index is 13.2. The summed E-state index contributed by atoms with van der Waals surface area (Å²) in [6, 6.07) is 14.9. The van der Waals surface area contributed by atoms with Crippen LogP contribution >= 0.6 is 0 Å². The molecule has 0 unspecified atom stereocenters. The Morgan fingerprint density at radius 3 is 2.60 bits per heavy atom. The minimum absolute atomic E-state index is 0.0517. The molecule has 1 amide bonds. The number of nitrogens with one attached hydrogen (secondary N) is 1. The minimum atomic E-state index is -0.454. The average Bonchev–Trinajstić information content (AvgIpc) is 3.33. The van der Waals surface area contributed by atoms with E-state index in [0.717, 1.165) is 0 Å². The molecule has 5 rings (SSSR count). The number of methoxy groups -OCH3 is 1. The van der Waals surface area contributed by atoms with E-state index in [9.17, 15) is 14.4 Å². The molecule has 9 nitrogen and oxygen atoms in total. The van der Waals surface area contributed by atoms with Gasteiger partial charge in [0.25, 0.3) is 0 Å². The summed E-state index contributed by atoms with van der Waals surface area (Å²) < 4.78 is 17.3. The van der Waals surface area contributed by atoms with E-state index in [2.05, 4.69) is 10.3 Å². The fourth-order valence-electron chi connectivity index (χ4n) is 3.87. The fourth-order valence-corrected chi connectivity index (χ4v) is 3.87. The molecule has 0 fully saturated rings. The molecule has 4 aromatic rings. The van der Waals surface area contributed by atoms with Gasteiger partial charge in [0.15, 0.2) is 17.3 Å². The largest absolute Gasteiger partial charge is 0.497 e. The number of benzene rings is 2. The zero-order chi connectivity index (χ0) is 24.5. The maximum Gasteiger partial charge on any atom is 0.244 e. The highest BCUT2D eigenvalue weighted by atomic mass is 16.7. The lowest BCUT2D eigenvalue weighted by atomic mass is 10.0. The predicted molar refractivity (Wildman–Crippen MR) is 128 cm³/mol. The van der Waals surface area contributed by atoms with Crippen molar-refractivity contribution < 1.29 is 23.8 Å². The van der Waals surface area contributed by atoms with Crippen LogP contribution in [0, 0.1) is 6.92 Å². The van der Waals surface area contributed by atoms with Gasteiger partial charge in [-0.25, -0.2) is 4.98 Å². The van der Waals surface area contributed by atoms with Crippen LogP contribution in [0.25, 0.3) is 11.0 Å². The molecule has 35 heavy (non-hydrogen) atoms. The summed E-state index contributed by atoms with van der Waals surface area (Å²) in [4.78, 5) is 43.8. The Balaban J connectivity index is 1.50. The number of amides is 1. The molecule has 0 saturated carbocycles. The molecule has 2 aromatic heterocycles. The number of hydrogen-bond acceptors (Lipinski definition) is 7. The van der Waals surface area contributed by atoms with Crippen LogP contribution in [0.2, 0.25) is 0 Å². The summed E-state index contributed by atoms with van der Waals surface area (Å²) in [5.41, 5.74) is 1.37. The van der Waals surface area contributed by atoms with Crippen molar-refractivity contribution in [2.75, 3.05) is 19.2 Å². The summed E-state index contributed by atoms with van der Waals surface area (Å²) in [7, 11) is 1.53. The van der Waals surface area contributed by atoms with Crippen LogP contribution in [0.15, 0.2) is 65.6 Å². The van der Waals surface area contributed by atoms with Gasteiger partial charge in [-0.1, -0.05) is 0 Å². The van der Waals surface area contributed by atoms with E-state index < -0.39 is 11.2 Å². The van der Waals surface area contributed by atoms with Crippen LogP contribution in [0.3, 0.4) is 0 Å². The fraction of sp³-hybridized carbons (Fsp3) is 0.154. The molecule has 0 atom stereocenters. The Morgan fingerprint density at radius 1 is 1.06 bits per heavy atom. The molecule has 0 saturated heterocycles. The number of rotatable bonds is 6. The Kier molecular flexibility index (Phi) is 5.66. The van der Waals surface area contributed by atoms with E-state index in [4.69, 9.17) is 14.2 Å². The quantitative estimate of drug-likeness (QED) is 0.430. The van der Waals surface area contributed by atoms with E-state index in [1.165, 1.54) is 17.9 Å². The Hall–Kier alpha value is -4.66. The van der Waals surface area contributed by atoms with Gasteiger partial charge in [-0.05, 0) is 55.5 Å². The normalized spacial score (nSPS) is 11.9. The summed E-state index contributed by atoms with van der Waals surface area (Å²) in [6.45, 7) is 1.76. The first kappa shape index (κ1) is 22.1. The standard InChI is InChI=1S/C26H21N3O6/c1-15-3-9-19-25(32)20(24(31)16-4-7-18(33-2)8-5-16)12-29(26(19)27-15)13-23(30)28-17-6-10-21-22(11-17)35-14-34-21/h3-12H,13-14H2,1-2H3,(H,28,30). The molecule has 0 radical (unpaired) electrons. The number of pyridine rings is 2. The molecular formula is C26H21N3O6. The van der Waals surface area contributed by atoms with Crippen LogP contribution in [0.5, 0.6) is 17.2 Å². The first-order valence-electron chi connectivity index (χ1n) is 10.8. The zero-order valence-electron chi connectivity index (χ0n) is 19.0. The highest BCUT2D eigenvalue weighted by molar-refractivity contribution is 6.10. The number of hydrogen-bond donors (Lipinski definition) is 1. The van der Waals surface area contributed by atoms with Crippen molar-refractivity contribution in [3.05, 3.63) is 87.8 Å². The first-order valence-corrected chi connectivity index (χ1v) is 10.8. The number of ketones is 1. The van der Waals surface area contributed by atoms with E-state index in [1.807, 2.05) is 0 Å². The van der Waals surface area contributed by atoms with Crippen LogP contribution in [-0.2, 0) is 11.3 Å². The van der Waals surface area contributed by atoms with Gasteiger partial charge < -0.3 is 24.1 Å². The van der Waals surface area contributed by atoms with E-state index in [0.29, 0.717) is 39.8 Å². The smallest absolute Gasteiger partial charge is 0.244 e. The third-order valence-corrected chi connectivity index (χ3v) is 5.63. The lowest BCUT2D eigenvalue weighted by molar-refractivity contribution is -0.116. The SMILES string of the molecule is COc1ccc(C(=O)c2cn(CC(=O)Nc3ccc4c(c3)OCO4)c3nc(C)ccc3c2=O)cc1. The molecule has 176 valence electrons. The van der Waals surface area contributed by atoms with Gasteiger partial charge in [-0.2, -0.15) is 0 Å². The average molecular weight is 471 g/mol. The number of nitrogens with zero attached hydrogens (tertiary/aromatic N) is 2. The van der Waals surface area contributed by atoms with E-state index in [-0.39, 0.29) is 30.2 Å². The van der Waals surface area contributed by atoms with Crippen molar-refractivity contribution in [1.29, 1.82) is 0 Å². The number of anilines is 1. The van der Waals surface area contributed by atoms with E-state index in [1.54, 1.807) is 61.5 Å². The topological polar surface area (TPSA) is 109 Å². The molecular weight excluding hydrogens is 450 g/mol. The Labute approximate surface area is 199 Å². The lowest BCUT2D eigenvalue weighted by Crippen LogP contribution is -2.25. The molecule has 1 aliphatic heterocycles. The zero-order valence-corrected chi connectivity index (χ0v) is 19.0. The van der Waals surface area contributed by atoms with Gasteiger partial charge >= 0.3 is 0 Å². The van der Waals surface area contributed by atoms with Crippen molar-refractivity contribution in [1.82, 2.24) is 9.55 Å². The molecule has 2 aromatic carbocycles. The van der Waals surface area contributed by atoms with Crippen molar-refractivity contribution in [3.8, 4) is 17.2 Å². The predicted octanol–water partition coefficient (Wildman–Crippen LogP) is 3.31. The summed E-state index contributed by atoms with van der Waals surface area (Å²) in [5, 5.41) is 3.06. The second kappa shape index (κ2) is 8.94.